The molecule has 4 aromatic carbocycles. The molecular formula is C41H46N2O2. The maximum atomic E-state index is 10.6. The summed E-state index contributed by atoms with van der Waals surface area (Å²) in [5, 5.41) is 13.2. The lowest BCUT2D eigenvalue weighted by molar-refractivity contribution is 0.293. The molecule has 0 fully saturated rings. The van der Waals surface area contributed by atoms with Crippen molar-refractivity contribution in [2.45, 2.75) is 90.4 Å². The molecule has 1 aliphatic carbocycles. The van der Waals surface area contributed by atoms with Crippen LogP contribution in [0.3, 0.4) is 0 Å². The molecule has 1 aromatic heterocycles. The molecule has 4 heteroatoms. The van der Waals surface area contributed by atoms with E-state index < -0.39 is 0 Å². The molecule has 232 valence electrons. The van der Waals surface area contributed by atoms with E-state index in [9.17, 15) is 5.11 Å². The molecule has 0 saturated carbocycles. The molecule has 0 spiro atoms. The van der Waals surface area contributed by atoms with Crippen molar-refractivity contribution < 1.29 is 9.84 Å². The van der Waals surface area contributed by atoms with Crippen molar-refractivity contribution in [2.24, 2.45) is 0 Å². The van der Waals surface area contributed by atoms with Gasteiger partial charge in [-0.05, 0) is 69.8 Å². The molecule has 0 atom stereocenters. The molecule has 5 aromatic rings. The van der Waals surface area contributed by atoms with Crippen LogP contribution in [0.1, 0.15) is 96.1 Å². The average molecular weight is 599 g/mol. The van der Waals surface area contributed by atoms with E-state index in [-0.39, 0.29) is 11.2 Å². The zero-order valence-electron chi connectivity index (χ0n) is 27.1. The van der Waals surface area contributed by atoms with Crippen molar-refractivity contribution in [3.8, 4) is 45.4 Å². The first-order valence-corrected chi connectivity index (χ1v) is 16.9. The number of phenolic OH excluding ortho intramolecular Hbond substituents is 1. The van der Waals surface area contributed by atoms with Gasteiger partial charge in [-0.25, -0.2) is 4.98 Å². The zero-order chi connectivity index (χ0) is 31.2. The number of para-hydroxylation sites is 1. The van der Waals surface area contributed by atoms with Crippen LogP contribution in [-0.2, 0) is 5.41 Å². The Bertz CT molecular complexity index is 1770. The van der Waals surface area contributed by atoms with Gasteiger partial charge in [0.1, 0.15) is 5.75 Å². The van der Waals surface area contributed by atoms with Crippen LogP contribution >= 0.6 is 0 Å². The van der Waals surface area contributed by atoms with Crippen LogP contribution in [0.2, 0.25) is 0 Å². The number of nitrogens with zero attached hydrogens (tertiary/aromatic N) is 2. The summed E-state index contributed by atoms with van der Waals surface area (Å²) < 4.78 is 6.24. The third-order valence-electron chi connectivity index (χ3n) is 9.43. The maximum Gasteiger partial charge on any atom is 0.217 e. The standard InChI is InChI=1S/C41H46N2O2/c1-4-5-6-7-8-9-10-11-12-17-24-45-39-28-37(42-40(43-39)33-20-15-16-21-38(33)44)31-22-23-32-34-25-29-18-13-14-19-30(29)26-36(34)41(2,3)35(32)27-31/h13-16,18-23,25-28,44H,4-12,17,24H2,1-3H3. The SMILES string of the molecule is CCCCCCCCCCCCOc1cc(-c2ccc3c(c2)C(C)(C)c2cc4ccccc4cc2-3)nc(-c2ccccc2O)n1. The number of hydrogen-bond donors (Lipinski definition) is 1. The molecular weight excluding hydrogens is 552 g/mol. The summed E-state index contributed by atoms with van der Waals surface area (Å²) in [7, 11) is 0. The van der Waals surface area contributed by atoms with E-state index in [1.165, 1.54) is 84.4 Å². The summed E-state index contributed by atoms with van der Waals surface area (Å²) in [5.74, 6) is 1.18. The van der Waals surface area contributed by atoms with Crippen LogP contribution in [0.5, 0.6) is 11.6 Å². The highest BCUT2D eigenvalue weighted by Crippen LogP contribution is 2.50. The number of unbranched alkanes of at least 4 members (excludes halogenated alkanes) is 9. The Morgan fingerprint density at radius 3 is 2.00 bits per heavy atom. The third-order valence-corrected chi connectivity index (χ3v) is 9.43. The van der Waals surface area contributed by atoms with E-state index >= 15 is 0 Å². The summed E-state index contributed by atoms with van der Waals surface area (Å²) in [5.41, 5.74) is 7.49. The molecule has 0 amide bonds. The molecule has 6 rings (SSSR count). The van der Waals surface area contributed by atoms with Crippen molar-refractivity contribution >= 4 is 10.8 Å². The van der Waals surface area contributed by atoms with Crippen molar-refractivity contribution in [1.29, 1.82) is 0 Å². The van der Waals surface area contributed by atoms with Crippen LogP contribution in [0.25, 0.3) is 44.5 Å². The van der Waals surface area contributed by atoms with Gasteiger partial charge in [-0.3, -0.25) is 0 Å². The highest BCUT2D eigenvalue weighted by molar-refractivity contribution is 5.94. The van der Waals surface area contributed by atoms with Crippen molar-refractivity contribution in [3.05, 3.63) is 96.1 Å². The lowest BCUT2D eigenvalue weighted by Gasteiger charge is -2.22. The van der Waals surface area contributed by atoms with Gasteiger partial charge in [-0.2, -0.15) is 4.98 Å². The molecule has 45 heavy (non-hydrogen) atoms. The third kappa shape index (κ3) is 6.76. The number of fused-ring (bicyclic) bond motifs is 4. The van der Waals surface area contributed by atoms with Crippen LogP contribution < -0.4 is 4.74 Å². The normalized spacial score (nSPS) is 13.1. The Kier molecular flexibility index (Phi) is 9.49. The maximum absolute atomic E-state index is 10.6. The summed E-state index contributed by atoms with van der Waals surface area (Å²) in [6.45, 7) is 7.51. The molecule has 1 N–H and O–H groups in total. The first kappa shape index (κ1) is 30.8. The second-order valence-corrected chi connectivity index (χ2v) is 13.1. The zero-order valence-corrected chi connectivity index (χ0v) is 27.1. The monoisotopic (exact) mass is 598 g/mol. The number of rotatable bonds is 14. The van der Waals surface area contributed by atoms with Crippen molar-refractivity contribution in [1.82, 2.24) is 9.97 Å². The van der Waals surface area contributed by atoms with Crippen LogP contribution in [-0.4, -0.2) is 21.7 Å². The summed E-state index contributed by atoms with van der Waals surface area (Å²) >= 11 is 0. The fourth-order valence-corrected chi connectivity index (χ4v) is 6.78. The quantitative estimate of drug-likeness (QED) is 0.129. The molecule has 1 aliphatic rings. The smallest absolute Gasteiger partial charge is 0.217 e. The molecule has 0 radical (unpaired) electrons. The van der Waals surface area contributed by atoms with Crippen LogP contribution in [0.4, 0.5) is 0 Å². The number of ether oxygens (including phenoxy) is 1. The Balaban J connectivity index is 1.22. The number of phenols is 1. The lowest BCUT2D eigenvalue weighted by Crippen LogP contribution is -2.15. The summed E-state index contributed by atoms with van der Waals surface area (Å²) in [4.78, 5) is 9.70. The Hall–Kier alpha value is -4.18. The van der Waals surface area contributed by atoms with E-state index in [0.29, 0.717) is 23.9 Å². The van der Waals surface area contributed by atoms with Gasteiger partial charge in [0, 0.05) is 17.0 Å². The van der Waals surface area contributed by atoms with Gasteiger partial charge in [0.25, 0.3) is 0 Å². The summed E-state index contributed by atoms with van der Waals surface area (Å²) in [6.07, 6.45) is 12.8. The van der Waals surface area contributed by atoms with Crippen molar-refractivity contribution in [3.63, 3.8) is 0 Å². The van der Waals surface area contributed by atoms with E-state index in [2.05, 4.69) is 75.4 Å². The van der Waals surface area contributed by atoms with Crippen LogP contribution in [0.15, 0.2) is 84.9 Å². The number of hydrogen-bond acceptors (Lipinski definition) is 4. The van der Waals surface area contributed by atoms with Gasteiger partial charge in [-0.15, -0.1) is 0 Å². The highest BCUT2D eigenvalue weighted by atomic mass is 16.5. The van der Waals surface area contributed by atoms with Gasteiger partial charge in [0.05, 0.1) is 17.9 Å². The van der Waals surface area contributed by atoms with Crippen molar-refractivity contribution in [2.75, 3.05) is 6.61 Å². The molecule has 0 unspecified atom stereocenters. The average Bonchev–Trinajstić information content (AvgIpc) is 3.27. The second kappa shape index (κ2) is 13.9. The number of benzene rings is 4. The summed E-state index contributed by atoms with van der Waals surface area (Å²) in [6, 6.07) is 29.1. The van der Waals surface area contributed by atoms with E-state index in [4.69, 9.17) is 14.7 Å². The van der Waals surface area contributed by atoms with Gasteiger partial charge in [0.15, 0.2) is 5.82 Å². The van der Waals surface area contributed by atoms with E-state index in [1.807, 2.05) is 24.3 Å². The Morgan fingerprint density at radius 1 is 0.622 bits per heavy atom. The molecule has 0 aliphatic heterocycles. The predicted molar refractivity (Wildman–Crippen MR) is 187 cm³/mol. The Labute approximate surface area is 268 Å². The van der Waals surface area contributed by atoms with E-state index in [0.717, 1.165) is 24.1 Å². The van der Waals surface area contributed by atoms with Gasteiger partial charge in [-0.1, -0.05) is 127 Å². The van der Waals surface area contributed by atoms with E-state index in [1.54, 1.807) is 6.07 Å². The first-order valence-electron chi connectivity index (χ1n) is 16.9. The second-order valence-electron chi connectivity index (χ2n) is 13.1. The Morgan fingerprint density at radius 2 is 1.27 bits per heavy atom. The number of aromatic nitrogens is 2. The largest absolute Gasteiger partial charge is 0.507 e. The molecule has 0 saturated heterocycles. The van der Waals surface area contributed by atoms with Gasteiger partial charge >= 0.3 is 0 Å². The molecule has 4 nitrogen and oxygen atoms in total. The minimum absolute atomic E-state index is 0.146. The number of aromatic hydroxyl groups is 1. The predicted octanol–water partition coefficient (Wildman–Crippen LogP) is 11.3. The van der Waals surface area contributed by atoms with Crippen LogP contribution in [0, 0.1) is 0 Å². The van der Waals surface area contributed by atoms with Gasteiger partial charge < -0.3 is 9.84 Å². The highest BCUT2D eigenvalue weighted by Gasteiger charge is 2.36. The topological polar surface area (TPSA) is 55.2 Å². The molecule has 0 bridgehead atoms. The fourth-order valence-electron chi connectivity index (χ4n) is 6.78. The minimum Gasteiger partial charge on any atom is -0.507 e. The van der Waals surface area contributed by atoms with Gasteiger partial charge in [0.2, 0.25) is 5.88 Å². The lowest BCUT2D eigenvalue weighted by atomic mass is 9.81. The minimum atomic E-state index is -0.146. The first-order chi connectivity index (χ1) is 22.0. The molecule has 1 heterocycles. The fraction of sp³-hybridized carbons (Fsp3) is 0.366.